The van der Waals surface area contributed by atoms with Crippen molar-refractivity contribution in [2.24, 2.45) is 0 Å². The van der Waals surface area contributed by atoms with Gasteiger partial charge < -0.3 is 24.5 Å². The van der Waals surface area contributed by atoms with E-state index in [0.29, 0.717) is 28.2 Å². The van der Waals surface area contributed by atoms with Gasteiger partial charge in [0, 0.05) is 12.3 Å². The normalized spacial score (nSPS) is 11.8. The summed E-state index contributed by atoms with van der Waals surface area (Å²) in [4.78, 5) is 16.0. The number of aromatic amines is 1. The lowest BCUT2D eigenvalue weighted by Crippen LogP contribution is -2.26. The number of amides is 1. The molecule has 3 rings (SSSR count). The number of hydrogen-bond donors (Lipinski definition) is 2. The number of hydrogen-bond acceptors (Lipinski definition) is 4. The number of carbonyl (C=O) groups excluding carboxylic acids is 1. The molecule has 0 aliphatic heterocycles. The molecule has 0 aliphatic rings. The summed E-state index contributed by atoms with van der Waals surface area (Å²) in [5, 5.41) is 3.68. The van der Waals surface area contributed by atoms with Crippen molar-refractivity contribution < 1.29 is 19.0 Å². The molecule has 0 aliphatic carbocycles. The number of benzene rings is 2. The van der Waals surface area contributed by atoms with Crippen LogP contribution in [0.3, 0.4) is 0 Å². The minimum absolute atomic E-state index is 0.125. The molecule has 1 amide bonds. The van der Waals surface area contributed by atoms with E-state index in [-0.39, 0.29) is 11.9 Å². The molecule has 3 aromatic rings. The van der Waals surface area contributed by atoms with Gasteiger partial charge in [0.1, 0.15) is 0 Å². The Labute approximate surface area is 152 Å². The zero-order valence-electron chi connectivity index (χ0n) is 15.3. The maximum absolute atomic E-state index is 12.9. The molecule has 0 spiro atoms. The van der Waals surface area contributed by atoms with Crippen LogP contribution in [0.2, 0.25) is 0 Å². The first kappa shape index (κ1) is 17.7. The Morgan fingerprint density at radius 1 is 1.04 bits per heavy atom. The maximum atomic E-state index is 12.9. The second kappa shape index (κ2) is 7.39. The number of H-pyrrole nitrogens is 1. The summed E-state index contributed by atoms with van der Waals surface area (Å²) in [5.74, 6) is 1.24. The van der Waals surface area contributed by atoms with Crippen molar-refractivity contribution in [2.75, 3.05) is 21.3 Å². The molecule has 0 radical (unpaired) electrons. The van der Waals surface area contributed by atoms with E-state index in [1.54, 1.807) is 19.4 Å². The minimum atomic E-state index is -0.196. The van der Waals surface area contributed by atoms with Crippen LogP contribution in [-0.2, 0) is 0 Å². The predicted molar refractivity (Wildman–Crippen MR) is 100 cm³/mol. The highest BCUT2D eigenvalue weighted by atomic mass is 16.5. The lowest BCUT2D eigenvalue weighted by atomic mass is 10.1. The van der Waals surface area contributed by atoms with E-state index >= 15 is 0 Å². The maximum Gasteiger partial charge on any atom is 0.254 e. The van der Waals surface area contributed by atoms with Gasteiger partial charge in [-0.05, 0) is 12.5 Å². The predicted octanol–water partition coefficient (Wildman–Crippen LogP) is 3.68. The molecule has 1 unspecified atom stereocenters. The third kappa shape index (κ3) is 3.06. The van der Waals surface area contributed by atoms with Gasteiger partial charge in [-0.1, -0.05) is 30.3 Å². The molecule has 6 heteroatoms. The van der Waals surface area contributed by atoms with Crippen molar-refractivity contribution >= 4 is 16.8 Å². The van der Waals surface area contributed by atoms with Gasteiger partial charge in [-0.3, -0.25) is 4.79 Å². The first-order valence-electron chi connectivity index (χ1n) is 8.26. The van der Waals surface area contributed by atoms with Crippen molar-refractivity contribution in [1.82, 2.24) is 10.3 Å². The lowest BCUT2D eigenvalue weighted by molar-refractivity contribution is 0.0941. The molecule has 2 N–H and O–H groups in total. The second-order valence-corrected chi connectivity index (χ2v) is 5.88. The van der Waals surface area contributed by atoms with Crippen LogP contribution in [0.25, 0.3) is 10.9 Å². The third-order valence-corrected chi connectivity index (χ3v) is 4.36. The topological polar surface area (TPSA) is 72.6 Å². The summed E-state index contributed by atoms with van der Waals surface area (Å²) in [7, 11) is 4.63. The van der Waals surface area contributed by atoms with Crippen LogP contribution in [0.4, 0.5) is 0 Å². The lowest BCUT2D eigenvalue weighted by Gasteiger charge is -2.16. The number of aromatic nitrogens is 1. The molecule has 1 atom stereocenters. The molecule has 26 heavy (non-hydrogen) atoms. The Balaban J connectivity index is 2.01. The van der Waals surface area contributed by atoms with E-state index in [9.17, 15) is 4.79 Å². The zero-order chi connectivity index (χ0) is 18.7. The van der Waals surface area contributed by atoms with Gasteiger partial charge in [-0.25, -0.2) is 0 Å². The standard InChI is InChI=1S/C20H22N2O4/c1-12(13-8-6-5-7-9-13)22-20(23)14-11-21-15-10-16(24-2)18(25-3)19(26-4)17(14)15/h5-12,21H,1-4H3,(H,22,23). The molecule has 1 heterocycles. The molecule has 1 aromatic heterocycles. The number of methoxy groups -OCH3 is 3. The molecule has 136 valence electrons. The number of carbonyl (C=O) groups is 1. The van der Waals surface area contributed by atoms with E-state index in [0.717, 1.165) is 11.1 Å². The van der Waals surface area contributed by atoms with Gasteiger partial charge >= 0.3 is 0 Å². The number of nitrogens with one attached hydrogen (secondary N) is 2. The van der Waals surface area contributed by atoms with Crippen molar-refractivity contribution in [3.05, 3.63) is 53.7 Å². The van der Waals surface area contributed by atoms with Crippen molar-refractivity contribution in [2.45, 2.75) is 13.0 Å². The summed E-state index contributed by atoms with van der Waals surface area (Å²) < 4.78 is 16.3. The Kier molecular flexibility index (Phi) is 5.02. The molecule has 2 aromatic carbocycles. The highest BCUT2D eigenvalue weighted by molar-refractivity contribution is 6.10. The number of ether oxygens (including phenoxy) is 3. The third-order valence-electron chi connectivity index (χ3n) is 4.36. The average Bonchev–Trinajstić information content (AvgIpc) is 3.10. The first-order chi connectivity index (χ1) is 12.6. The van der Waals surface area contributed by atoms with Crippen LogP contribution in [0.15, 0.2) is 42.6 Å². The summed E-state index contributed by atoms with van der Waals surface area (Å²) >= 11 is 0. The fourth-order valence-electron chi connectivity index (χ4n) is 3.04. The molecule has 0 saturated heterocycles. The van der Waals surface area contributed by atoms with E-state index in [1.165, 1.54) is 14.2 Å². The van der Waals surface area contributed by atoms with Crippen LogP contribution < -0.4 is 19.5 Å². The van der Waals surface area contributed by atoms with Gasteiger partial charge in [0.15, 0.2) is 11.5 Å². The van der Waals surface area contributed by atoms with Gasteiger partial charge in [0.05, 0.1) is 43.8 Å². The largest absolute Gasteiger partial charge is 0.493 e. The van der Waals surface area contributed by atoms with E-state index < -0.39 is 0 Å². The van der Waals surface area contributed by atoms with Crippen molar-refractivity contribution in [3.8, 4) is 17.2 Å². The quantitative estimate of drug-likeness (QED) is 0.708. The van der Waals surface area contributed by atoms with Crippen molar-refractivity contribution in [1.29, 1.82) is 0 Å². The van der Waals surface area contributed by atoms with Crippen LogP contribution in [0.1, 0.15) is 28.9 Å². The minimum Gasteiger partial charge on any atom is -0.493 e. The molecular weight excluding hydrogens is 332 g/mol. The molecule has 0 bridgehead atoms. The van der Waals surface area contributed by atoms with Crippen molar-refractivity contribution in [3.63, 3.8) is 0 Å². The van der Waals surface area contributed by atoms with E-state index in [4.69, 9.17) is 14.2 Å². The van der Waals surface area contributed by atoms with Gasteiger partial charge in [-0.2, -0.15) is 0 Å². The fourth-order valence-corrected chi connectivity index (χ4v) is 3.04. The molecular formula is C20H22N2O4. The van der Waals surface area contributed by atoms with Crippen LogP contribution in [-0.4, -0.2) is 32.2 Å². The Morgan fingerprint density at radius 3 is 2.35 bits per heavy atom. The number of rotatable bonds is 6. The summed E-state index contributed by atoms with van der Waals surface area (Å²) in [6, 6.07) is 11.5. The highest BCUT2D eigenvalue weighted by Gasteiger charge is 2.23. The summed E-state index contributed by atoms with van der Waals surface area (Å²) in [5.41, 5.74) is 2.25. The Bertz CT molecular complexity index is 918. The molecule has 0 saturated carbocycles. The smallest absolute Gasteiger partial charge is 0.254 e. The monoisotopic (exact) mass is 354 g/mol. The van der Waals surface area contributed by atoms with Gasteiger partial charge in [-0.15, -0.1) is 0 Å². The highest BCUT2D eigenvalue weighted by Crippen LogP contribution is 2.44. The molecule has 6 nitrogen and oxygen atoms in total. The van der Waals surface area contributed by atoms with Crippen LogP contribution in [0.5, 0.6) is 17.2 Å². The number of fused-ring (bicyclic) bond motifs is 1. The summed E-state index contributed by atoms with van der Waals surface area (Å²) in [6.45, 7) is 1.95. The zero-order valence-corrected chi connectivity index (χ0v) is 15.3. The van der Waals surface area contributed by atoms with E-state index in [1.807, 2.05) is 37.3 Å². The SMILES string of the molecule is COc1cc2[nH]cc(C(=O)NC(C)c3ccccc3)c2c(OC)c1OC. The van der Waals surface area contributed by atoms with Crippen LogP contribution >= 0.6 is 0 Å². The average molecular weight is 354 g/mol. The van der Waals surface area contributed by atoms with E-state index in [2.05, 4.69) is 10.3 Å². The first-order valence-corrected chi connectivity index (χ1v) is 8.26. The second-order valence-electron chi connectivity index (χ2n) is 5.88. The molecule has 0 fully saturated rings. The summed E-state index contributed by atoms with van der Waals surface area (Å²) in [6.07, 6.45) is 1.67. The Hall–Kier alpha value is -3.15. The van der Waals surface area contributed by atoms with Gasteiger partial charge in [0.2, 0.25) is 5.75 Å². The van der Waals surface area contributed by atoms with Gasteiger partial charge in [0.25, 0.3) is 5.91 Å². The Morgan fingerprint density at radius 2 is 1.73 bits per heavy atom. The fraction of sp³-hybridized carbons (Fsp3) is 0.250. The van der Waals surface area contributed by atoms with Crippen LogP contribution in [0, 0.1) is 0 Å².